The maximum absolute atomic E-state index is 11.5. The van der Waals surface area contributed by atoms with Crippen molar-refractivity contribution in [1.82, 2.24) is 25.0 Å². The molecule has 1 saturated heterocycles. The molecule has 2 aromatic heterocycles. The average Bonchev–Trinajstić information content (AvgIpc) is 3.82. The minimum absolute atomic E-state index is 0.0564. The van der Waals surface area contributed by atoms with Gasteiger partial charge in [0.15, 0.2) is 0 Å². The van der Waals surface area contributed by atoms with Gasteiger partial charge >= 0.3 is 5.97 Å². The number of aliphatic hydroxyl groups is 1. The highest BCUT2D eigenvalue weighted by Gasteiger charge is 2.19. The minimum atomic E-state index is -1.18. The second-order valence-corrected chi connectivity index (χ2v) is 13.6. The molecule has 0 aliphatic carbocycles. The van der Waals surface area contributed by atoms with Gasteiger partial charge in [0.2, 0.25) is 0 Å². The predicted molar refractivity (Wildman–Crippen MR) is 198 cm³/mol. The second kappa shape index (κ2) is 17.1. The van der Waals surface area contributed by atoms with Crippen LogP contribution in [0.25, 0.3) is 22.0 Å². The first-order valence-electron chi connectivity index (χ1n) is 16.8. The van der Waals surface area contributed by atoms with E-state index in [1.54, 1.807) is 24.3 Å². The molecule has 1 fully saturated rings. The number of carboxylic acids is 1. The highest BCUT2D eigenvalue weighted by atomic mass is 79.9. The summed E-state index contributed by atoms with van der Waals surface area (Å²) in [6, 6.07) is 19.9. The maximum Gasteiger partial charge on any atom is 0.323 e. The second-order valence-electron chi connectivity index (χ2n) is 12.4. The first-order chi connectivity index (χ1) is 24.8. The highest BCUT2D eigenvalue weighted by Crippen LogP contribution is 2.38. The molecule has 5 aromatic rings. The molecule has 0 spiro atoms. The van der Waals surface area contributed by atoms with Crippen molar-refractivity contribution < 1.29 is 24.5 Å². The number of rotatable bonds is 16. The number of halogens is 2. The number of carboxylic acid groups (broad SMARTS) is 1. The van der Waals surface area contributed by atoms with Crippen LogP contribution in [0.4, 0.5) is 0 Å². The number of benzene rings is 3. The Morgan fingerprint density at radius 3 is 2.59 bits per heavy atom. The average molecular weight is 774 g/mol. The van der Waals surface area contributed by atoms with Gasteiger partial charge in [0.05, 0.1) is 23.3 Å². The van der Waals surface area contributed by atoms with Crippen molar-refractivity contribution in [2.75, 3.05) is 26.2 Å². The number of likely N-dealkylation sites (tertiary alicyclic amines) is 1. The van der Waals surface area contributed by atoms with E-state index in [0.717, 1.165) is 57.1 Å². The molecule has 0 saturated carbocycles. The van der Waals surface area contributed by atoms with Crippen LogP contribution in [0.2, 0.25) is 5.02 Å². The van der Waals surface area contributed by atoms with E-state index in [4.69, 9.17) is 26.2 Å². The van der Waals surface area contributed by atoms with Crippen LogP contribution in [0.5, 0.6) is 11.5 Å². The Morgan fingerprint density at radius 2 is 1.80 bits per heavy atom. The summed E-state index contributed by atoms with van der Waals surface area (Å²) in [5, 5.41) is 37.1. The van der Waals surface area contributed by atoms with Gasteiger partial charge in [-0.2, -0.15) is 10.4 Å². The van der Waals surface area contributed by atoms with Crippen molar-refractivity contribution in [3.63, 3.8) is 0 Å². The van der Waals surface area contributed by atoms with Gasteiger partial charge in [0.1, 0.15) is 42.5 Å². The summed E-state index contributed by atoms with van der Waals surface area (Å²) in [6.07, 6.45) is 7.12. The Balaban J connectivity index is 1.21. The van der Waals surface area contributed by atoms with Crippen LogP contribution in [0.1, 0.15) is 41.6 Å². The minimum Gasteiger partial charge on any atom is -0.488 e. The summed E-state index contributed by atoms with van der Waals surface area (Å²) in [4.78, 5) is 18.0. The van der Waals surface area contributed by atoms with Crippen molar-refractivity contribution in [2.45, 2.75) is 51.6 Å². The SMILES string of the molecule is N#Cc1cc(COc2cc(OCc3cccc(-c4cccc5c4cnn5CCCN4CCCC4)c3Br)c(Cl)cc2CNC(CO)C(=O)O)ccn1. The normalized spacial score (nSPS) is 13.7. The number of nitrogens with one attached hydrogen (secondary N) is 1. The van der Waals surface area contributed by atoms with E-state index in [0.29, 0.717) is 22.1 Å². The molecule has 3 heterocycles. The zero-order chi connectivity index (χ0) is 35.7. The number of nitriles is 1. The number of carbonyl (C=O) groups is 1. The van der Waals surface area contributed by atoms with Gasteiger partial charge in [-0.1, -0.05) is 41.9 Å². The van der Waals surface area contributed by atoms with Crippen molar-refractivity contribution >= 4 is 44.4 Å². The van der Waals surface area contributed by atoms with E-state index in [-0.39, 0.29) is 25.5 Å². The van der Waals surface area contributed by atoms with E-state index in [1.807, 2.05) is 24.4 Å². The van der Waals surface area contributed by atoms with Crippen LogP contribution in [0.3, 0.4) is 0 Å². The number of aromatic nitrogens is 3. The van der Waals surface area contributed by atoms with Gasteiger partial charge in [-0.15, -0.1) is 0 Å². The lowest BCUT2D eigenvalue weighted by molar-refractivity contribution is -0.140. The largest absolute Gasteiger partial charge is 0.488 e. The van der Waals surface area contributed by atoms with Gasteiger partial charge in [0.25, 0.3) is 0 Å². The van der Waals surface area contributed by atoms with Gasteiger partial charge < -0.3 is 24.6 Å². The number of hydrogen-bond donors (Lipinski definition) is 3. The molecule has 1 unspecified atom stereocenters. The number of aryl methyl sites for hydroxylation is 1. The van der Waals surface area contributed by atoms with Gasteiger partial charge in [-0.05, 0) is 95.8 Å². The van der Waals surface area contributed by atoms with Crippen molar-refractivity contribution in [3.05, 3.63) is 105 Å². The molecule has 11 nitrogen and oxygen atoms in total. The quantitative estimate of drug-likeness (QED) is 0.101. The van der Waals surface area contributed by atoms with Crippen LogP contribution < -0.4 is 14.8 Å². The van der Waals surface area contributed by atoms with Crippen molar-refractivity contribution in [1.29, 1.82) is 5.26 Å². The molecular weight excluding hydrogens is 736 g/mol. The third kappa shape index (κ3) is 8.87. The number of nitrogens with zero attached hydrogens (tertiary/aromatic N) is 5. The molecule has 51 heavy (non-hydrogen) atoms. The van der Waals surface area contributed by atoms with Crippen LogP contribution in [-0.4, -0.2) is 68.1 Å². The number of hydrogen-bond acceptors (Lipinski definition) is 9. The van der Waals surface area contributed by atoms with E-state index in [2.05, 4.69) is 60.1 Å². The summed E-state index contributed by atoms with van der Waals surface area (Å²) >= 11 is 10.5. The lowest BCUT2D eigenvalue weighted by Crippen LogP contribution is -2.39. The number of aliphatic hydroxyl groups excluding tert-OH is 1. The molecule has 3 aromatic carbocycles. The fraction of sp³-hybridized carbons (Fsp3) is 0.316. The fourth-order valence-corrected chi connectivity index (χ4v) is 7.06. The molecule has 264 valence electrons. The third-order valence-corrected chi connectivity index (χ3v) is 10.2. The number of pyridine rings is 1. The smallest absolute Gasteiger partial charge is 0.323 e. The molecule has 1 aliphatic rings. The summed E-state index contributed by atoms with van der Waals surface area (Å²) in [6.45, 7) is 4.12. The third-order valence-electron chi connectivity index (χ3n) is 8.95. The van der Waals surface area contributed by atoms with E-state index in [1.165, 1.54) is 32.1 Å². The van der Waals surface area contributed by atoms with Crippen LogP contribution in [0, 0.1) is 11.3 Å². The Bertz CT molecular complexity index is 2040. The van der Waals surface area contributed by atoms with Gasteiger partial charge in [-0.25, -0.2) is 4.98 Å². The number of fused-ring (bicyclic) bond motifs is 1. The lowest BCUT2D eigenvalue weighted by atomic mass is 10.00. The first kappa shape index (κ1) is 36.3. The lowest BCUT2D eigenvalue weighted by Gasteiger charge is -2.18. The molecule has 6 rings (SSSR count). The van der Waals surface area contributed by atoms with Crippen molar-refractivity contribution in [2.24, 2.45) is 0 Å². The number of aliphatic carboxylic acids is 1. The molecule has 0 amide bonds. The zero-order valence-corrected chi connectivity index (χ0v) is 30.2. The monoisotopic (exact) mass is 772 g/mol. The zero-order valence-electron chi connectivity index (χ0n) is 27.9. The molecule has 0 radical (unpaired) electrons. The van der Waals surface area contributed by atoms with E-state index in [9.17, 15) is 20.3 Å². The van der Waals surface area contributed by atoms with Crippen LogP contribution >= 0.6 is 27.5 Å². The Labute approximate surface area is 309 Å². The van der Waals surface area contributed by atoms with Crippen molar-refractivity contribution in [3.8, 4) is 28.7 Å². The number of ether oxygens (including phenoxy) is 2. The Hall–Kier alpha value is -4.51. The first-order valence-corrected chi connectivity index (χ1v) is 18.0. The van der Waals surface area contributed by atoms with Crippen LogP contribution in [-0.2, 0) is 31.1 Å². The molecule has 13 heteroatoms. The summed E-state index contributed by atoms with van der Waals surface area (Å²) in [5.41, 5.74) is 5.63. The standard InChI is InChI=1S/C38H38BrClN6O5/c39-37-26(6-3-8-30(37)29-7-4-9-34-31(29)21-44-46(34)15-5-14-45-12-1-2-13-45)24-51-36-18-35(50-23-25-10-11-42-28(16-25)19-41)27(17-32(36)40)20-43-33(22-47)38(48)49/h3-4,6-11,16-18,21,33,43,47H,1-2,5,12-15,20,22-24H2,(H,48,49). The molecule has 1 aliphatic heterocycles. The fourth-order valence-electron chi connectivity index (χ4n) is 6.23. The summed E-state index contributed by atoms with van der Waals surface area (Å²) in [5.74, 6) is -0.414. The summed E-state index contributed by atoms with van der Waals surface area (Å²) < 4.78 is 15.4. The predicted octanol–water partition coefficient (Wildman–Crippen LogP) is 6.56. The Morgan fingerprint density at radius 1 is 1.02 bits per heavy atom. The topological polar surface area (TPSA) is 146 Å². The molecule has 3 N–H and O–H groups in total. The maximum atomic E-state index is 11.5. The van der Waals surface area contributed by atoms with E-state index >= 15 is 0 Å². The van der Waals surface area contributed by atoms with E-state index < -0.39 is 18.6 Å². The van der Waals surface area contributed by atoms with Gasteiger partial charge in [0, 0.05) is 46.3 Å². The summed E-state index contributed by atoms with van der Waals surface area (Å²) in [7, 11) is 0. The molecular formula is C38H38BrClN6O5. The Kier molecular flexibility index (Phi) is 12.2. The van der Waals surface area contributed by atoms with Gasteiger partial charge in [-0.3, -0.25) is 14.8 Å². The molecule has 0 bridgehead atoms. The highest BCUT2D eigenvalue weighted by molar-refractivity contribution is 9.10. The molecule has 1 atom stereocenters. The van der Waals surface area contributed by atoms with Crippen LogP contribution in [0.15, 0.2) is 77.5 Å².